The van der Waals surface area contributed by atoms with Crippen LogP contribution in [0.4, 0.5) is 0 Å². The molecular weight excluding hydrogens is 524 g/mol. The normalized spacial score (nSPS) is 13.2. The Balaban J connectivity index is 2.62. The second-order valence-electron chi connectivity index (χ2n) is 13.5. The van der Waals surface area contributed by atoms with Gasteiger partial charge in [-0.05, 0) is 65.5 Å². The molecule has 2 aromatic rings. The van der Waals surface area contributed by atoms with Crippen molar-refractivity contribution in [3.05, 3.63) is 59.7 Å². The monoisotopic (exact) mass is 570 g/mol. The van der Waals surface area contributed by atoms with E-state index in [1.807, 2.05) is 52.0 Å². The van der Waals surface area contributed by atoms with Crippen LogP contribution in [-0.2, 0) is 29.3 Å². The molecule has 1 atom stereocenters. The molecular formula is C33H46O8. The Morgan fingerprint density at radius 1 is 0.659 bits per heavy atom. The van der Waals surface area contributed by atoms with Crippen LogP contribution in [-0.4, -0.2) is 47.4 Å². The molecule has 0 amide bonds. The smallest absolute Gasteiger partial charge is 0.344 e. The first-order chi connectivity index (χ1) is 18.7. The van der Waals surface area contributed by atoms with Crippen LogP contribution in [0.2, 0.25) is 0 Å². The highest BCUT2D eigenvalue weighted by Gasteiger charge is 2.43. The molecule has 8 heteroatoms. The zero-order valence-corrected chi connectivity index (χ0v) is 26.1. The van der Waals surface area contributed by atoms with Crippen LogP contribution >= 0.6 is 0 Å². The van der Waals surface area contributed by atoms with Crippen LogP contribution in [0.5, 0.6) is 11.5 Å². The lowest BCUT2D eigenvalue weighted by Gasteiger charge is -2.39. The van der Waals surface area contributed by atoms with Gasteiger partial charge in [-0.15, -0.1) is 0 Å². The fourth-order valence-corrected chi connectivity index (χ4v) is 4.65. The molecule has 0 aliphatic rings. The summed E-state index contributed by atoms with van der Waals surface area (Å²) in [7, 11) is 0. The number of hydrogen-bond acceptors (Lipinski definition) is 7. The number of rotatable bonds is 11. The van der Waals surface area contributed by atoms with Crippen molar-refractivity contribution in [1.82, 2.24) is 0 Å². The van der Waals surface area contributed by atoms with Gasteiger partial charge in [0.2, 0.25) is 0 Å². The summed E-state index contributed by atoms with van der Waals surface area (Å²) in [4.78, 5) is 37.5. The zero-order chi connectivity index (χ0) is 31.2. The molecule has 0 spiro atoms. The topological polar surface area (TPSA) is 108 Å². The Labute approximate surface area is 244 Å². The number of para-hydroxylation sites is 2. The second-order valence-corrected chi connectivity index (χ2v) is 13.5. The molecule has 8 nitrogen and oxygen atoms in total. The van der Waals surface area contributed by atoms with Crippen molar-refractivity contribution >= 4 is 17.9 Å². The molecule has 0 bridgehead atoms. The molecule has 0 aliphatic heterocycles. The fourth-order valence-electron chi connectivity index (χ4n) is 4.65. The summed E-state index contributed by atoms with van der Waals surface area (Å²) in [5, 5.41) is 10.3. The van der Waals surface area contributed by atoms with Gasteiger partial charge >= 0.3 is 17.9 Å². The minimum atomic E-state index is -0.967. The number of carbonyl (C=O) groups is 3. The molecule has 0 aliphatic carbocycles. The van der Waals surface area contributed by atoms with Crippen molar-refractivity contribution in [1.29, 1.82) is 0 Å². The lowest BCUT2D eigenvalue weighted by molar-refractivity contribution is -0.158. The number of ether oxygens (including phenoxy) is 4. The molecule has 0 aromatic heterocycles. The predicted molar refractivity (Wildman–Crippen MR) is 157 cm³/mol. The molecule has 0 radical (unpaired) electrons. The molecule has 1 unspecified atom stereocenters. The Morgan fingerprint density at radius 2 is 1.02 bits per heavy atom. The van der Waals surface area contributed by atoms with Crippen LogP contribution in [0.15, 0.2) is 48.5 Å². The first-order valence-electron chi connectivity index (χ1n) is 13.8. The van der Waals surface area contributed by atoms with Gasteiger partial charge < -0.3 is 24.1 Å². The number of benzene rings is 2. The number of carboxylic acid groups (broad SMARTS) is 1. The first kappa shape index (κ1) is 33.7. The third-order valence-electron chi connectivity index (χ3n) is 6.45. The van der Waals surface area contributed by atoms with Crippen LogP contribution in [0, 0.1) is 11.3 Å². The average molecular weight is 571 g/mol. The molecule has 0 heterocycles. The third kappa shape index (κ3) is 10.1. The Kier molecular flexibility index (Phi) is 10.6. The SMILES string of the molecule is CC(C)(C)OC(=O)COc1ccccc1C(C)(CC(C(=O)O)C(C)(C)C)c1ccccc1OCC(=O)OC(C)(C)C. The lowest BCUT2D eigenvalue weighted by Crippen LogP contribution is -2.37. The van der Waals surface area contributed by atoms with E-state index in [-0.39, 0.29) is 19.6 Å². The van der Waals surface area contributed by atoms with E-state index in [1.54, 1.807) is 65.8 Å². The van der Waals surface area contributed by atoms with Crippen molar-refractivity contribution in [3.63, 3.8) is 0 Å². The molecule has 41 heavy (non-hydrogen) atoms. The van der Waals surface area contributed by atoms with Gasteiger partial charge in [-0.2, -0.15) is 0 Å². The predicted octanol–water partition coefficient (Wildman–Crippen LogP) is 6.57. The van der Waals surface area contributed by atoms with E-state index >= 15 is 0 Å². The van der Waals surface area contributed by atoms with E-state index in [2.05, 4.69) is 0 Å². The number of aliphatic carboxylic acids is 1. The van der Waals surface area contributed by atoms with Crippen LogP contribution in [0.3, 0.4) is 0 Å². The Bertz CT molecular complexity index is 1140. The lowest BCUT2D eigenvalue weighted by atomic mass is 9.65. The van der Waals surface area contributed by atoms with Crippen LogP contribution < -0.4 is 9.47 Å². The summed E-state index contributed by atoms with van der Waals surface area (Å²) in [6.07, 6.45) is 0.186. The molecule has 0 fully saturated rings. The minimum Gasteiger partial charge on any atom is -0.482 e. The van der Waals surface area contributed by atoms with Crippen molar-refractivity contribution in [3.8, 4) is 11.5 Å². The Morgan fingerprint density at radius 3 is 1.34 bits per heavy atom. The van der Waals surface area contributed by atoms with Crippen molar-refractivity contribution in [2.45, 2.75) is 92.3 Å². The molecule has 0 saturated heterocycles. The van der Waals surface area contributed by atoms with E-state index in [9.17, 15) is 19.5 Å². The second kappa shape index (κ2) is 13.0. The van der Waals surface area contributed by atoms with Gasteiger partial charge in [0.15, 0.2) is 13.2 Å². The molecule has 0 saturated carbocycles. The van der Waals surface area contributed by atoms with Crippen molar-refractivity contribution < 1.29 is 38.4 Å². The highest BCUT2D eigenvalue weighted by Crippen LogP contribution is 2.48. The van der Waals surface area contributed by atoms with Gasteiger partial charge in [-0.3, -0.25) is 4.79 Å². The van der Waals surface area contributed by atoms with E-state index in [0.29, 0.717) is 22.6 Å². The van der Waals surface area contributed by atoms with Gasteiger partial charge in [-0.25, -0.2) is 9.59 Å². The number of hydrogen-bond donors (Lipinski definition) is 1. The van der Waals surface area contributed by atoms with Gasteiger partial charge in [0.05, 0.1) is 5.92 Å². The van der Waals surface area contributed by atoms with Crippen molar-refractivity contribution in [2.24, 2.45) is 11.3 Å². The number of carboxylic acids is 1. The van der Waals surface area contributed by atoms with Gasteiger partial charge in [0.25, 0.3) is 0 Å². The van der Waals surface area contributed by atoms with Gasteiger partial charge in [0.1, 0.15) is 22.7 Å². The van der Waals surface area contributed by atoms with E-state index in [1.165, 1.54) is 0 Å². The maximum Gasteiger partial charge on any atom is 0.344 e. The van der Waals surface area contributed by atoms with Gasteiger partial charge in [-0.1, -0.05) is 64.1 Å². The standard InChI is InChI=1S/C33H46O8/c1-30(2,3)24(29(36)37)19-33(10,22-15-11-13-17-25(22)38-20-27(34)40-31(4,5)6)23-16-12-14-18-26(23)39-21-28(35)41-32(7,8)9/h11-18,24H,19-21H2,1-10H3,(H,36,37). The quantitative estimate of drug-likeness (QED) is 0.302. The Hall–Kier alpha value is -3.55. The highest BCUT2D eigenvalue weighted by molar-refractivity contribution is 5.73. The van der Waals surface area contributed by atoms with Crippen molar-refractivity contribution in [2.75, 3.05) is 13.2 Å². The van der Waals surface area contributed by atoms with Crippen LogP contribution in [0.1, 0.15) is 86.8 Å². The highest BCUT2D eigenvalue weighted by atomic mass is 16.6. The summed E-state index contributed by atoms with van der Waals surface area (Å²) in [6, 6.07) is 14.5. The largest absolute Gasteiger partial charge is 0.482 e. The fraction of sp³-hybridized carbons (Fsp3) is 0.545. The minimum absolute atomic E-state index is 0.186. The number of esters is 2. The summed E-state index contributed by atoms with van der Waals surface area (Å²) in [5.41, 5.74) is -1.53. The summed E-state index contributed by atoms with van der Waals surface area (Å²) in [5.74, 6) is -1.89. The van der Waals surface area contributed by atoms with E-state index in [0.717, 1.165) is 0 Å². The summed E-state index contributed by atoms with van der Waals surface area (Å²) < 4.78 is 22.8. The number of carbonyl (C=O) groups excluding carboxylic acids is 2. The molecule has 2 aromatic carbocycles. The first-order valence-corrected chi connectivity index (χ1v) is 13.8. The van der Waals surface area contributed by atoms with E-state index in [4.69, 9.17) is 18.9 Å². The summed E-state index contributed by atoms with van der Waals surface area (Å²) >= 11 is 0. The summed E-state index contributed by atoms with van der Waals surface area (Å²) in [6.45, 7) is 17.7. The zero-order valence-electron chi connectivity index (χ0n) is 26.1. The van der Waals surface area contributed by atoms with Crippen LogP contribution in [0.25, 0.3) is 0 Å². The molecule has 226 valence electrons. The van der Waals surface area contributed by atoms with Gasteiger partial charge in [0, 0.05) is 16.5 Å². The maximum absolute atomic E-state index is 12.6. The molecule has 2 rings (SSSR count). The third-order valence-corrected chi connectivity index (χ3v) is 6.45. The maximum atomic E-state index is 12.6. The average Bonchev–Trinajstić information content (AvgIpc) is 2.82. The van der Waals surface area contributed by atoms with E-state index < -0.39 is 45.9 Å². The molecule has 1 N–H and O–H groups in total.